The number of rotatable bonds is 8. The van der Waals surface area contributed by atoms with E-state index in [9.17, 15) is 0 Å². The normalized spacial score (nSPS) is 10.7. The van der Waals surface area contributed by atoms with Crippen LogP contribution in [0.15, 0.2) is 36.5 Å². The van der Waals surface area contributed by atoms with Crippen LogP contribution in [0.5, 0.6) is 5.75 Å². The van der Waals surface area contributed by atoms with Crippen molar-refractivity contribution < 1.29 is 4.74 Å². The highest BCUT2D eigenvalue weighted by Gasteiger charge is 2.02. The number of hydrogen-bond acceptors (Lipinski definition) is 3. The van der Waals surface area contributed by atoms with Gasteiger partial charge in [0, 0.05) is 18.3 Å². The Morgan fingerprint density at radius 3 is 2.85 bits per heavy atom. The van der Waals surface area contributed by atoms with Crippen molar-refractivity contribution >= 4 is 0 Å². The molecular weight excluding hydrogens is 250 g/mol. The Labute approximate surface area is 120 Å². The van der Waals surface area contributed by atoms with Gasteiger partial charge in [0.15, 0.2) is 0 Å². The first kappa shape index (κ1) is 14.6. The van der Waals surface area contributed by atoms with E-state index < -0.39 is 0 Å². The predicted molar refractivity (Wildman–Crippen MR) is 80.9 cm³/mol. The molecule has 1 aromatic carbocycles. The van der Waals surface area contributed by atoms with E-state index in [1.807, 2.05) is 42.1 Å². The quantitative estimate of drug-likeness (QED) is 0.752. The Morgan fingerprint density at radius 1 is 1.25 bits per heavy atom. The van der Waals surface area contributed by atoms with Crippen molar-refractivity contribution in [1.82, 2.24) is 15.1 Å². The third-order valence-electron chi connectivity index (χ3n) is 3.07. The fourth-order valence-corrected chi connectivity index (χ4v) is 2.03. The Kier molecular flexibility index (Phi) is 5.62. The molecule has 2 rings (SSSR count). The topological polar surface area (TPSA) is 39.1 Å². The summed E-state index contributed by atoms with van der Waals surface area (Å²) >= 11 is 0. The smallest absolute Gasteiger partial charge is 0.123 e. The summed E-state index contributed by atoms with van der Waals surface area (Å²) in [6.45, 7) is 7.44. The maximum atomic E-state index is 5.88. The number of nitrogens with one attached hydrogen (secondary N) is 1. The van der Waals surface area contributed by atoms with Crippen molar-refractivity contribution in [3.8, 4) is 5.75 Å². The van der Waals surface area contributed by atoms with Crippen LogP contribution in [0.3, 0.4) is 0 Å². The van der Waals surface area contributed by atoms with E-state index in [4.69, 9.17) is 4.74 Å². The molecule has 1 N–H and O–H groups in total. The number of aryl methyl sites for hydroxylation is 1. The lowest BCUT2D eigenvalue weighted by Crippen LogP contribution is -2.15. The molecule has 0 spiro atoms. The predicted octanol–water partition coefficient (Wildman–Crippen LogP) is 2.77. The van der Waals surface area contributed by atoms with Crippen LogP contribution < -0.4 is 10.1 Å². The lowest BCUT2D eigenvalue weighted by molar-refractivity contribution is 0.288. The zero-order valence-electron chi connectivity index (χ0n) is 12.3. The Hall–Kier alpha value is -1.81. The molecule has 0 unspecified atom stereocenters. The van der Waals surface area contributed by atoms with Gasteiger partial charge in [-0.15, -0.1) is 0 Å². The van der Waals surface area contributed by atoms with Gasteiger partial charge in [0.1, 0.15) is 12.4 Å². The monoisotopic (exact) mass is 273 g/mol. The van der Waals surface area contributed by atoms with Crippen LogP contribution in [-0.4, -0.2) is 22.9 Å². The summed E-state index contributed by atoms with van der Waals surface area (Å²) in [5, 5.41) is 7.75. The molecule has 1 heterocycles. The zero-order chi connectivity index (χ0) is 14.2. The molecule has 0 amide bonds. The highest BCUT2D eigenvalue weighted by molar-refractivity contribution is 5.33. The highest BCUT2D eigenvalue weighted by atomic mass is 16.5. The summed E-state index contributed by atoms with van der Waals surface area (Å²) in [6, 6.07) is 10.2. The molecular formula is C16H23N3O. The summed E-state index contributed by atoms with van der Waals surface area (Å²) in [5.41, 5.74) is 2.24. The molecule has 1 aromatic heterocycles. The van der Waals surface area contributed by atoms with Crippen LogP contribution in [-0.2, 0) is 13.1 Å². The highest BCUT2D eigenvalue weighted by Crippen LogP contribution is 2.17. The van der Waals surface area contributed by atoms with Crippen LogP contribution >= 0.6 is 0 Å². The average Bonchev–Trinajstić information content (AvgIpc) is 2.86. The van der Waals surface area contributed by atoms with E-state index in [0.29, 0.717) is 6.61 Å². The second-order valence-electron chi connectivity index (χ2n) is 4.85. The van der Waals surface area contributed by atoms with Crippen LogP contribution in [0, 0.1) is 6.92 Å². The molecule has 2 aromatic rings. The lowest BCUT2D eigenvalue weighted by Gasteiger charge is -2.12. The van der Waals surface area contributed by atoms with Gasteiger partial charge in [-0.05, 0) is 32.0 Å². The first-order chi connectivity index (χ1) is 9.79. The van der Waals surface area contributed by atoms with Gasteiger partial charge in [0.05, 0.1) is 12.2 Å². The van der Waals surface area contributed by atoms with Crippen molar-refractivity contribution in [2.75, 3.05) is 13.2 Å². The third kappa shape index (κ3) is 4.38. The van der Waals surface area contributed by atoms with Gasteiger partial charge in [-0.1, -0.05) is 25.1 Å². The molecule has 0 aliphatic heterocycles. The summed E-state index contributed by atoms with van der Waals surface area (Å²) < 4.78 is 7.79. The number of para-hydroxylation sites is 1. The van der Waals surface area contributed by atoms with Crippen LogP contribution in [0.2, 0.25) is 0 Å². The SMILES string of the molecule is CCCNCc1ccccc1OCCn1ccc(C)n1. The van der Waals surface area contributed by atoms with Crippen LogP contribution in [0.25, 0.3) is 0 Å². The third-order valence-corrected chi connectivity index (χ3v) is 3.07. The molecule has 0 aliphatic carbocycles. The number of ether oxygens (including phenoxy) is 1. The average molecular weight is 273 g/mol. The van der Waals surface area contributed by atoms with E-state index in [-0.39, 0.29) is 0 Å². The molecule has 0 radical (unpaired) electrons. The number of nitrogens with zero attached hydrogens (tertiary/aromatic N) is 2. The fourth-order valence-electron chi connectivity index (χ4n) is 2.03. The summed E-state index contributed by atoms with van der Waals surface area (Å²) in [7, 11) is 0. The van der Waals surface area contributed by atoms with Crippen molar-refractivity contribution in [2.24, 2.45) is 0 Å². The van der Waals surface area contributed by atoms with Gasteiger partial charge < -0.3 is 10.1 Å². The van der Waals surface area contributed by atoms with E-state index >= 15 is 0 Å². The van der Waals surface area contributed by atoms with Crippen molar-refractivity contribution in [3.05, 3.63) is 47.8 Å². The molecule has 0 saturated heterocycles. The standard InChI is InChI=1S/C16H23N3O/c1-3-9-17-13-15-6-4-5-7-16(15)20-12-11-19-10-8-14(2)18-19/h4-8,10,17H,3,9,11-13H2,1-2H3. The number of aromatic nitrogens is 2. The molecule has 0 fully saturated rings. The summed E-state index contributed by atoms with van der Waals surface area (Å²) in [5.74, 6) is 0.958. The van der Waals surface area contributed by atoms with Crippen molar-refractivity contribution in [3.63, 3.8) is 0 Å². The largest absolute Gasteiger partial charge is 0.491 e. The maximum Gasteiger partial charge on any atom is 0.123 e. The lowest BCUT2D eigenvalue weighted by atomic mass is 10.2. The van der Waals surface area contributed by atoms with E-state index in [1.165, 1.54) is 5.56 Å². The molecule has 4 nitrogen and oxygen atoms in total. The van der Waals surface area contributed by atoms with Crippen LogP contribution in [0.1, 0.15) is 24.6 Å². The first-order valence-corrected chi connectivity index (χ1v) is 7.21. The van der Waals surface area contributed by atoms with Gasteiger partial charge in [-0.3, -0.25) is 4.68 Å². The van der Waals surface area contributed by atoms with Gasteiger partial charge >= 0.3 is 0 Å². The summed E-state index contributed by atoms with van der Waals surface area (Å²) in [4.78, 5) is 0. The second-order valence-corrected chi connectivity index (χ2v) is 4.85. The molecule has 0 atom stereocenters. The van der Waals surface area contributed by atoms with Gasteiger partial charge in [0.2, 0.25) is 0 Å². The minimum Gasteiger partial charge on any atom is -0.491 e. The van der Waals surface area contributed by atoms with E-state index in [1.54, 1.807) is 0 Å². The number of hydrogen-bond donors (Lipinski definition) is 1. The van der Waals surface area contributed by atoms with Crippen molar-refractivity contribution in [1.29, 1.82) is 0 Å². The molecule has 0 aliphatic rings. The minimum absolute atomic E-state index is 0.631. The second kappa shape index (κ2) is 7.70. The Morgan fingerprint density at radius 2 is 2.10 bits per heavy atom. The zero-order valence-corrected chi connectivity index (χ0v) is 12.3. The van der Waals surface area contributed by atoms with Crippen LogP contribution in [0.4, 0.5) is 0 Å². The Bertz CT molecular complexity index is 522. The molecule has 0 bridgehead atoms. The molecule has 108 valence electrons. The minimum atomic E-state index is 0.631. The van der Waals surface area contributed by atoms with Gasteiger partial charge in [0.25, 0.3) is 0 Å². The Balaban J connectivity index is 1.85. The number of benzene rings is 1. The van der Waals surface area contributed by atoms with Gasteiger partial charge in [-0.2, -0.15) is 5.10 Å². The van der Waals surface area contributed by atoms with E-state index in [2.05, 4.69) is 23.4 Å². The maximum absolute atomic E-state index is 5.88. The van der Waals surface area contributed by atoms with Crippen molar-refractivity contribution in [2.45, 2.75) is 33.4 Å². The molecule has 20 heavy (non-hydrogen) atoms. The van der Waals surface area contributed by atoms with E-state index in [0.717, 1.165) is 37.5 Å². The molecule has 4 heteroatoms. The first-order valence-electron chi connectivity index (χ1n) is 7.21. The molecule has 0 saturated carbocycles. The fraction of sp³-hybridized carbons (Fsp3) is 0.438. The summed E-state index contributed by atoms with van der Waals surface area (Å²) in [6.07, 6.45) is 3.12. The van der Waals surface area contributed by atoms with Gasteiger partial charge in [-0.25, -0.2) is 0 Å².